The van der Waals surface area contributed by atoms with Crippen molar-refractivity contribution in [3.8, 4) is 0 Å². The highest BCUT2D eigenvalue weighted by Gasteiger charge is 2.27. The molecule has 1 unspecified atom stereocenters. The topological polar surface area (TPSA) is 95.4 Å². The van der Waals surface area contributed by atoms with Crippen LogP contribution in [0.1, 0.15) is 37.3 Å². The van der Waals surface area contributed by atoms with Crippen molar-refractivity contribution in [2.75, 3.05) is 37.3 Å². The first-order valence-corrected chi connectivity index (χ1v) is 10.0. The molecule has 2 aliphatic heterocycles. The molecule has 0 spiro atoms. The number of aliphatic hydroxyl groups excluding tert-OH is 1. The molecule has 1 aromatic heterocycles. The number of aromatic nitrogens is 2. The van der Waals surface area contributed by atoms with E-state index in [0.29, 0.717) is 37.6 Å². The molecular weight excluding hydrogens is 316 g/mol. The molecule has 0 saturated carbocycles. The Morgan fingerprint density at radius 2 is 2.04 bits per heavy atom. The van der Waals surface area contributed by atoms with Gasteiger partial charge in [0.15, 0.2) is 9.84 Å². The molecule has 23 heavy (non-hydrogen) atoms. The normalized spacial score (nSPS) is 23.9. The Balaban J connectivity index is 1.94. The first-order valence-electron chi connectivity index (χ1n) is 8.16. The van der Waals surface area contributed by atoms with Crippen molar-refractivity contribution in [2.24, 2.45) is 0 Å². The van der Waals surface area contributed by atoms with Crippen LogP contribution in [0.25, 0.3) is 0 Å². The molecule has 1 aromatic rings. The van der Waals surface area contributed by atoms with Gasteiger partial charge in [0, 0.05) is 31.8 Å². The Hall–Kier alpha value is -1.25. The maximum atomic E-state index is 12.1. The van der Waals surface area contributed by atoms with Crippen molar-refractivity contribution in [1.29, 1.82) is 0 Å². The van der Waals surface area contributed by atoms with Gasteiger partial charge in [-0.25, -0.2) is 18.4 Å². The van der Waals surface area contributed by atoms with Gasteiger partial charge < -0.3 is 15.3 Å². The second kappa shape index (κ2) is 6.70. The third-order valence-electron chi connectivity index (χ3n) is 4.60. The first-order chi connectivity index (χ1) is 10.9. The quantitative estimate of drug-likeness (QED) is 0.817. The zero-order valence-electron chi connectivity index (χ0n) is 13.4. The van der Waals surface area contributed by atoms with E-state index in [1.807, 2.05) is 4.90 Å². The number of hydrogen-bond donors (Lipinski definition) is 2. The number of anilines is 1. The minimum atomic E-state index is -3.35. The number of piperidine rings is 2. The molecule has 128 valence electrons. The summed E-state index contributed by atoms with van der Waals surface area (Å²) in [5.41, 5.74) is 0.635. The zero-order valence-corrected chi connectivity index (χ0v) is 14.2. The fraction of sp³-hybridized carbons (Fsp3) is 0.733. The van der Waals surface area contributed by atoms with E-state index in [-0.39, 0.29) is 16.9 Å². The average molecular weight is 340 g/mol. The first kappa shape index (κ1) is 16.6. The fourth-order valence-corrected chi connectivity index (χ4v) is 4.09. The van der Waals surface area contributed by atoms with E-state index >= 15 is 0 Å². The minimum Gasteiger partial charge on any atom is -0.393 e. The Bertz CT molecular complexity index is 651. The van der Waals surface area contributed by atoms with E-state index in [4.69, 9.17) is 0 Å². The van der Waals surface area contributed by atoms with Gasteiger partial charge >= 0.3 is 0 Å². The van der Waals surface area contributed by atoms with Gasteiger partial charge in [0.25, 0.3) is 0 Å². The van der Waals surface area contributed by atoms with Crippen molar-refractivity contribution < 1.29 is 13.5 Å². The van der Waals surface area contributed by atoms with E-state index in [1.165, 1.54) is 12.5 Å². The molecule has 0 radical (unpaired) electrons. The monoisotopic (exact) mass is 340 g/mol. The van der Waals surface area contributed by atoms with Crippen LogP contribution in [0.3, 0.4) is 0 Å². The highest BCUT2D eigenvalue weighted by molar-refractivity contribution is 7.90. The lowest BCUT2D eigenvalue weighted by molar-refractivity contribution is 0.145. The van der Waals surface area contributed by atoms with Crippen molar-refractivity contribution in [1.82, 2.24) is 15.3 Å². The molecule has 3 heterocycles. The summed E-state index contributed by atoms with van der Waals surface area (Å²) in [4.78, 5) is 11.2. The summed E-state index contributed by atoms with van der Waals surface area (Å²) >= 11 is 0. The number of aliphatic hydroxyl groups is 1. The predicted octanol–water partition coefficient (Wildman–Crippen LogP) is 0.308. The molecule has 0 amide bonds. The lowest BCUT2D eigenvalue weighted by atomic mass is 9.96. The third kappa shape index (κ3) is 3.81. The van der Waals surface area contributed by atoms with Gasteiger partial charge in [-0.1, -0.05) is 0 Å². The second-order valence-electron chi connectivity index (χ2n) is 6.45. The van der Waals surface area contributed by atoms with Crippen molar-refractivity contribution in [3.63, 3.8) is 0 Å². The summed E-state index contributed by atoms with van der Waals surface area (Å²) in [6.07, 6.45) is 5.74. The van der Waals surface area contributed by atoms with Crippen LogP contribution in [0, 0.1) is 0 Å². The van der Waals surface area contributed by atoms with Crippen LogP contribution >= 0.6 is 0 Å². The maximum Gasteiger partial charge on any atom is 0.225 e. The highest BCUT2D eigenvalue weighted by Crippen LogP contribution is 2.29. The average Bonchev–Trinajstić information content (AvgIpc) is 2.55. The summed E-state index contributed by atoms with van der Waals surface area (Å²) in [5, 5.41) is 12.9. The standard InChI is InChI=1S/C15H24N4O3S/c1-23(21,22)13-10-17-15(19-7-4-12(20)5-8-19)18-14(13)11-3-2-6-16-9-11/h10-12,16,20H,2-9H2,1H3. The molecule has 2 fully saturated rings. The molecule has 7 nitrogen and oxygen atoms in total. The van der Waals surface area contributed by atoms with Crippen LogP contribution in [0.15, 0.2) is 11.1 Å². The fourth-order valence-electron chi connectivity index (χ4n) is 3.26. The molecule has 0 aliphatic carbocycles. The van der Waals surface area contributed by atoms with E-state index in [0.717, 1.165) is 25.9 Å². The van der Waals surface area contributed by atoms with Gasteiger partial charge in [-0.3, -0.25) is 0 Å². The third-order valence-corrected chi connectivity index (χ3v) is 5.71. The maximum absolute atomic E-state index is 12.1. The summed E-state index contributed by atoms with van der Waals surface area (Å²) < 4.78 is 24.2. The number of hydrogen-bond acceptors (Lipinski definition) is 7. The van der Waals surface area contributed by atoms with E-state index in [9.17, 15) is 13.5 Å². The van der Waals surface area contributed by atoms with Crippen LogP contribution in [-0.4, -0.2) is 62.0 Å². The molecule has 2 aliphatic rings. The van der Waals surface area contributed by atoms with E-state index < -0.39 is 9.84 Å². The van der Waals surface area contributed by atoms with Gasteiger partial charge in [-0.05, 0) is 32.2 Å². The molecule has 3 rings (SSSR count). The molecule has 0 bridgehead atoms. The number of nitrogens with zero attached hydrogens (tertiary/aromatic N) is 3. The van der Waals surface area contributed by atoms with Gasteiger partial charge in [0.05, 0.1) is 18.0 Å². The van der Waals surface area contributed by atoms with Crippen molar-refractivity contribution in [3.05, 3.63) is 11.9 Å². The number of nitrogens with one attached hydrogen (secondary N) is 1. The largest absolute Gasteiger partial charge is 0.393 e. The highest BCUT2D eigenvalue weighted by atomic mass is 32.2. The summed E-state index contributed by atoms with van der Waals surface area (Å²) in [6.45, 7) is 3.10. The lowest BCUT2D eigenvalue weighted by Crippen LogP contribution is -2.37. The Kier molecular flexibility index (Phi) is 4.84. The van der Waals surface area contributed by atoms with E-state index in [1.54, 1.807) is 0 Å². The summed E-state index contributed by atoms with van der Waals surface area (Å²) in [5.74, 6) is 0.676. The Morgan fingerprint density at radius 1 is 1.30 bits per heavy atom. The second-order valence-corrected chi connectivity index (χ2v) is 8.44. The molecule has 2 saturated heterocycles. The van der Waals surface area contributed by atoms with Crippen LogP contribution in [0.4, 0.5) is 5.95 Å². The van der Waals surface area contributed by atoms with Gasteiger partial charge in [0.1, 0.15) is 4.90 Å². The molecule has 8 heteroatoms. The van der Waals surface area contributed by atoms with Crippen LogP contribution in [0.5, 0.6) is 0 Å². The SMILES string of the molecule is CS(=O)(=O)c1cnc(N2CCC(O)CC2)nc1C1CCCNC1. The molecule has 1 atom stereocenters. The Labute approximate surface area is 137 Å². The number of sulfone groups is 1. The van der Waals surface area contributed by atoms with Crippen LogP contribution < -0.4 is 10.2 Å². The molecule has 2 N–H and O–H groups in total. The smallest absolute Gasteiger partial charge is 0.225 e. The van der Waals surface area contributed by atoms with E-state index in [2.05, 4.69) is 15.3 Å². The van der Waals surface area contributed by atoms with Gasteiger partial charge in [-0.15, -0.1) is 0 Å². The predicted molar refractivity (Wildman–Crippen MR) is 87.4 cm³/mol. The summed E-state index contributed by atoms with van der Waals surface area (Å²) in [6, 6.07) is 0. The minimum absolute atomic E-state index is 0.102. The zero-order chi connectivity index (χ0) is 16.4. The molecule has 0 aromatic carbocycles. The van der Waals surface area contributed by atoms with Crippen molar-refractivity contribution in [2.45, 2.75) is 42.6 Å². The van der Waals surface area contributed by atoms with Gasteiger partial charge in [0.2, 0.25) is 5.95 Å². The van der Waals surface area contributed by atoms with Crippen LogP contribution in [0.2, 0.25) is 0 Å². The van der Waals surface area contributed by atoms with Crippen LogP contribution in [-0.2, 0) is 9.84 Å². The Morgan fingerprint density at radius 3 is 2.65 bits per heavy atom. The van der Waals surface area contributed by atoms with Crippen molar-refractivity contribution >= 4 is 15.8 Å². The number of rotatable bonds is 3. The summed E-state index contributed by atoms with van der Waals surface area (Å²) in [7, 11) is -3.35. The van der Waals surface area contributed by atoms with Gasteiger partial charge in [-0.2, -0.15) is 0 Å². The lowest BCUT2D eigenvalue weighted by Gasteiger charge is -2.31. The molecular formula is C15H24N4O3S.